The van der Waals surface area contributed by atoms with Crippen LogP contribution in [-0.2, 0) is 9.53 Å². The Labute approximate surface area is 104 Å². The van der Waals surface area contributed by atoms with E-state index in [1.165, 1.54) is 0 Å². The fourth-order valence-corrected chi connectivity index (χ4v) is 2.70. The minimum absolute atomic E-state index is 0.0191. The maximum atomic E-state index is 12.0. The van der Waals surface area contributed by atoms with E-state index >= 15 is 0 Å². The summed E-state index contributed by atoms with van der Waals surface area (Å²) in [5.74, 6) is 0.0741. The monoisotopic (exact) mass is 237 g/mol. The normalized spacial score (nSPS) is 33.0. The average Bonchev–Trinajstić information content (AvgIpc) is 2.65. The van der Waals surface area contributed by atoms with Crippen molar-refractivity contribution in [2.24, 2.45) is 5.92 Å². The zero-order valence-corrected chi connectivity index (χ0v) is 11.1. The molecule has 3 nitrogen and oxygen atoms in total. The molecule has 0 atom stereocenters. The highest BCUT2D eigenvalue weighted by Crippen LogP contribution is 2.35. The molecular weight excluding hydrogens is 214 g/mol. The summed E-state index contributed by atoms with van der Waals surface area (Å²) < 4.78 is 5.45. The lowest BCUT2D eigenvalue weighted by molar-refractivity contribution is -0.161. The van der Waals surface area contributed by atoms with Crippen LogP contribution in [0.15, 0.2) is 12.2 Å². The Morgan fingerprint density at radius 2 is 2.00 bits per heavy atom. The number of hydrogen-bond acceptors (Lipinski definition) is 3. The first-order chi connectivity index (χ1) is 7.90. The molecule has 0 bridgehead atoms. The number of esters is 1. The van der Waals surface area contributed by atoms with E-state index in [0.717, 1.165) is 32.2 Å². The second-order valence-electron chi connectivity index (χ2n) is 6.25. The van der Waals surface area contributed by atoms with Crippen LogP contribution in [-0.4, -0.2) is 23.7 Å². The van der Waals surface area contributed by atoms with Crippen LogP contribution in [0.25, 0.3) is 0 Å². The Hall–Kier alpha value is -0.830. The van der Waals surface area contributed by atoms with Gasteiger partial charge in [-0.2, -0.15) is 0 Å². The van der Waals surface area contributed by atoms with Gasteiger partial charge in [-0.1, -0.05) is 12.2 Å². The molecule has 1 spiro atoms. The Morgan fingerprint density at radius 1 is 1.35 bits per heavy atom. The van der Waals surface area contributed by atoms with E-state index < -0.39 is 0 Å². The zero-order valence-electron chi connectivity index (χ0n) is 11.1. The molecule has 1 heterocycles. The molecule has 0 aromatic rings. The molecule has 1 aliphatic carbocycles. The second-order valence-corrected chi connectivity index (χ2v) is 6.25. The summed E-state index contributed by atoms with van der Waals surface area (Å²) in [5.41, 5.74) is -0.184. The molecule has 0 amide bonds. The van der Waals surface area contributed by atoms with Crippen LogP contribution >= 0.6 is 0 Å². The highest BCUT2D eigenvalue weighted by Gasteiger charge is 2.37. The van der Waals surface area contributed by atoms with Crippen molar-refractivity contribution < 1.29 is 9.53 Å². The van der Waals surface area contributed by atoms with E-state index in [1.807, 2.05) is 20.8 Å². The van der Waals surface area contributed by atoms with Crippen molar-refractivity contribution in [3.05, 3.63) is 12.2 Å². The first kappa shape index (κ1) is 12.6. The van der Waals surface area contributed by atoms with Gasteiger partial charge in [0, 0.05) is 12.1 Å². The molecule has 0 aromatic heterocycles. The molecule has 96 valence electrons. The van der Waals surface area contributed by atoms with Crippen LogP contribution in [0.4, 0.5) is 0 Å². The number of ether oxygens (including phenoxy) is 1. The molecule has 3 heteroatoms. The predicted molar refractivity (Wildman–Crippen MR) is 67.7 cm³/mol. The van der Waals surface area contributed by atoms with Gasteiger partial charge in [-0.3, -0.25) is 4.79 Å². The summed E-state index contributed by atoms with van der Waals surface area (Å²) in [6, 6.07) is 0. The Balaban J connectivity index is 1.86. The molecule has 2 rings (SSSR count). The van der Waals surface area contributed by atoms with Crippen molar-refractivity contribution in [3.63, 3.8) is 0 Å². The smallest absolute Gasteiger partial charge is 0.309 e. The third-order valence-electron chi connectivity index (χ3n) is 3.63. The van der Waals surface area contributed by atoms with Gasteiger partial charge >= 0.3 is 5.97 Å². The van der Waals surface area contributed by atoms with Crippen LogP contribution in [0.5, 0.6) is 0 Å². The van der Waals surface area contributed by atoms with Crippen molar-refractivity contribution in [2.75, 3.05) is 6.54 Å². The predicted octanol–water partition coefficient (Wildman–Crippen LogP) is 2.42. The Morgan fingerprint density at radius 3 is 2.47 bits per heavy atom. The summed E-state index contributed by atoms with van der Waals surface area (Å²) in [6.45, 7) is 6.75. The number of nitrogens with one attached hydrogen (secondary N) is 1. The van der Waals surface area contributed by atoms with Crippen molar-refractivity contribution in [1.29, 1.82) is 0 Å². The van der Waals surface area contributed by atoms with Crippen LogP contribution in [0, 0.1) is 5.92 Å². The maximum Gasteiger partial charge on any atom is 0.309 e. The molecule has 1 saturated carbocycles. The molecule has 2 aliphatic rings. The lowest BCUT2D eigenvalue weighted by Crippen LogP contribution is -2.44. The molecular formula is C14H23NO2. The minimum atomic E-state index is -0.363. The highest BCUT2D eigenvalue weighted by molar-refractivity contribution is 5.73. The molecule has 17 heavy (non-hydrogen) atoms. The SMILES string of the molecule is CC(C)(C)OC(=O)C1CCC2(C=CCN2)CC1. The van der Waals surface area contributed by atoms with Gasteiger partial charge in [0.1, 0.15) is 5.60 Å². The van der Waals surface area contributed by atoms with Gasteiger partial charge in [0.25, 0.3) is 0 Å². The summed E-state index contributed by atoms with van der Waals surface area (Å²) >= 11 is 0. The molecule has 1 aliphatic heterocycles. The number of rotatable bonds is 1. The van der Waals surface area contributed by atoms with E-state index in [2.05, 4.69) is 17.5 Å². The van der Waals surface area contributed by atoms with E-state index in [-0.39, 0.29) is 23.0 Å². The molecule has 0 unspecified atom stereocenters. The minimum Gasteiger partial charge on any atom is -0.460 e. The van der Waals surface area contributed by atoms with Crippen LogP contribution in [0.3, 0.4) is 0 Å². The van der Waals surface area contributed by atoms with Gasteiger partial charge in [0.2, 0.25) is 0 Å². The highest BCUT2D eigenvalue weighted by atomic mass is 16.6. The number of hydrogen-bond donors (Lipinski definition) is 1. The van der Waals surface area contributed by atoms with Gasteiger partial charge in [-0.15, -0.1) is 0 Å². The lowest BCUT2D eigenvalue weighted by Gasteiger charge is -2.36. The van der Waals surface area contributed by atoms with Gasteiger partial charge in [0.15, 0.2) is 0 Å². The van der Waals surface area contributed by atoms with Crippen molar-refractivity contribution >= 4 is 5.97 Å². The van der Waals surface area contributed by atoms with E-state index in [1.54, 1.807) is 0 Å². The quantitative estimate of drug-likeness (QED) is 0.562. The van der Waals surface area contributed by atoms with E-state index in [9.17, 15) is 4.79 Å². The van der Waals surface area contributed by atoms with Gasteiger partial charge in [-0.25, -0.2) is 0 Å². The standard InChI is InChI=1S/C14H23NO2/c1-13(2,3)17-12(16)11-5-8-14(9-6-11)7-4-10-15-14/h4,7,11,15H,5-6,8-10H2,1-3H3. The maximum absolute atomic E-state index is 12.0. The van der Waals surface area contributed by atoms with Crippen LogP contribution in [0.2, 0.25) is 0 Å². The van der Waals surface area contributed by atoms with E-state index in [0.29, 0.717) is 0 Å². The van der Waals surface area contributed by atoms with Gasteiger partial charge in [0.05, 0.1) is 5.92 Å². The molecule has 0 aromatic carbocycles. The van der Waals surface area contributed by atoms with Gasteiger partial charge in [-0.05, 0) is 46.5 Å². The second kappa shape index (κ2) is 4.45. The third kappa shape index (κ3) is 3.09. The fourth-order valence-electron chi connectivity index (χ4n) is 2.70. The number of carbonyl (C=O) groups excluding carboxylic acids is 1. The van der Waals surface area contributed by atoms with Crippen molar-refractivity contribution in [2.45, 2.75) is 57.6 Å². The van der Waals surface area contributed by atoms with Gasteiger partial charge < -0.3 is 10.1 Å². The van der Waals surface area contributed by atoms with E-state index in [4.69, 9.17) is 4.74 Å². The topological polar surface area (TPSA) is 38.3 Å². The zero-order chi connectivity index (χ0) is 12.5. The molecule has 1 fully saturated rings. The third-order valence-corrected chi connectivity index (χ3v) is 3.63. The molecule has 0 radical (unpaired) electrons. The summed E-state index contributed by atoms with van der Waals surface area (Å²) in [5, 5.41) is 3.52. The average molecular weight is 237 g/mol. The number of carbonyl (C=O) groups is 1. The van der Waals surface area contributed by atoms with Crippen molar-refractivity contribution in [3.8, 4) is 0 Å². The Kier molecular flexibility index (Phi) is 3.30. The van der Waals surface area contributed by atoms with Crippen LogP contribution < -0.4 is 5.32 Å². The lowest BCUT2D eigenvalue weighted by atomic mass is 9.77. The fraction of sp³-hybridized carbons (Fsp3) is 0.786. The van der Waals surface area contributed by atoms with Crippen molar-refractivity contribution in [1.82, 2.24) is 5.32 Å². The summed E-state index contributed by atoms with van der Waals surface area (Å²) in [6.07, 6.45) is 8.44. The summed E-state index contributed by atoms with van der Waals surface area (Å²) in [4.78, 5) is 12.0. The molecule has 1 N–H and O–H groups in total. The molecule has 0 saturated heterocycles. The first-order valence-electron chi connectivity index (χ1n) is 6.56. The largest absolute Gasteiger partial charge is 0.460 e. The first-order valence-corrected chi connectivity index (χ1v) is 6.56. The summed E-state index contributed by atoms with van der Waals surface area (Å²) in [7, 11) is 0. The van der Waals surface area contributed by atoms with Crippen LogP contribution in [0.1, 0.15) is 46.5 Å². The Bertz CT molecular complexity index is 320.